The van der Waals surface area contributed by atoms with Crippen molar-refractivity contribution in [2.24, 2.45) is 0 Å². The molecule has 0 N–H and O–H groups in total. The van der Waals surface area contributed by atoms with E-state index in [2.05, 4.69) is 61.6 Å². The Labute approximate surface area is 119 Å². The van der Waals surface area contributed by atoms with E-state index in [1.807, 2.05) is 0 Å². The predicted octanol–water partition coefficient (Wildman–Crippen LogP) is 0.645. The fraction of sp³-hybridized carbons (Fsp3) is 1.00. The van der Waals surface area contributed by atoms with Crippen molar-refractivity contribution in [2.75, 3.05) is 54.4 Å². The van der Waals surface area contributed by atoms with Crippen molar-refractivity contribution in [1.82, 2.24) is 19.6 Å². The van der Waals surface area contributed by atoms with E-state index >= 15 is 0 Å². The van der Waals surface area contributed by atoms with Gasteiger partial charge in [-0.05, 0) is 48.5 Å². The van der Waals surface area contributed by atoms with Gasteiger partial charge in [0.25, 0.3) is 0 Å². The summed E-state index contributed by atoms with van der Waals surface area (Å²) < 4.78 is 0. The minimum absolute atomic E-state index is 0.674. The van der Waals surface area contributed by atoms with E-state index in [9.17, 15) is 0 Å². The summed E-state index contributed by atoms with van der Waals surface area (Å²) in [4.78, 5) is 10.2. The summed E-state index contributed by atoms with van der Waals surface area (Å²) in [5.41, 5.74) is 0. The number of rotatable bonds is 2. The average molecular weight is 268 g/mol. The van der Waals surface area contributed by atoms with Crippen LogP contribution in [0.2, 0.25) is 0 Å². The summed E-state index contributed by atoms with van der Waals surface area (Å²) in [5.74, 6) is 0. The molecule has 4 heteroatoms. The Balaban J connectivity index is 1.98. The highest BCUT2D eigenvalue weighted by Crippen LogP contribution is 2.22. The quantitative estimate of drug-likeness (QED) is 0.729. The lowest BCUT2D eigenvalue weighted by Crippen LogP contribution is -2.60. The van der Waals surface area contributed by atoms with Crippen LogP contribution in [0.15, 0.2) is 0 Å². The highest BCUT2D eigenvalue weighted by molar-refractivity contribution is 4.91. The van der Waals surface area contributed by atoms with E-state index in [0.717, 1.165) is 0 Å². The van der Waals surface area contributed by atoms with Gasteiger partial charge >= 0.3 is 0 Å². The first-order valence-corrected chi connectivity index (χ1v) is 7.69. The average Bonchev–Trinajstić information content (AvgIpc) is 2.31. The topological polar surface area (TPSA) is 13.0 Å². The van der Waals surface area contributed by atoms with Crippen molar-refractivity contribution in [3.8, 4) is 0 Å². The highest BCUT2D eigenvalue weighted by atomic mass is 15.3. The molecule has 0 aromatic rings. The first-order valence-electron chi connectivity index (χ1n) is 7.69. The number of nitrogens with zero attached hydrogens (tertiary/aromatic N) is 4. The number of hydrogen-bond donors (Lipinski definition) is 0. The standard InChI is InChI=1S/C15H32N4/c1-12-8-16(3)10-14(18(12)5)7-15-11-17(4)9-13(2)19(15)6/h12-15H,7-11H2,1-6H3/t12-,13-,14+,15+/m0/s1. The molecule has 2 aliphatic heterocycles. The lowest BCUT2D eigenvalue weighted by atomic mass is 9.97. The van der Waals surface area contributed by atoms with E-state index < -0.39 is 0 Å². The molecule has 2 heterocycles. The number of hydrogen-bond acceptors (Lipinski definition) is 4. The van der Waals surface area contributed by atoms with Crippen LogP contribution in [-0.2, 0) is 0 Å². The zero-order valence-electron chi connectivity index (χ0n) is 13.6. The smallest absolute Gasteiger partial charge is 0.0238 e. The molecule has 0 aromatic carbocycles. The Morgan fingerprint density at radius 3 is 1.42 bits per heavy atom. The van der Waals surface area contributed by atoms with Crippen molar-refractivity contribution in [1.29, 1.82) is 0 Å². The summed E-state index contributed by atoms with van der Waals surface area (Å²) >= 11 is 0. The second-order valence-corrected chi connectivity index (χ2v) is 7.01. The normalized spacial score (nSPS) is 40.7. The molecule has 0 bridgehead atoms. The molecule has 4 atom stereocenters. The minimum atomic E-state index is 0.674. The van der Waals surface area contributed by atoms with Crippen LogP contribution >= 0.6 is 0 Å². The van der Waals surface area contributed by atoms with Gasteiger partial charge < -0.3 is 9.80 Å². The largest absolute Gasteiger partial charge is 0.303 e. The first-order chi connectivity index (χ1) is 8.88. The Morgan fingerprint density at radius 1 is 0.684 bits per heavy atom. The van der Waals surface area contributed by atoms with Gasteiger partial charge in [-0.15, -0.1) is 0 Å². The molecule has 112 valence electrons. The van der Waals surface area contributed by atoms with Gasteiger partial charge in [0.1, 0.15) is 0 Å². The molecule has 2 fully saturated rings. The van der Waals surface area contributed by atoms with Crippen LogP contribution in [0.5, 0.6) is 0 Å². The van der Waals surface area contributed by atoms with Gasteiger partial charge in [-0.25, -0.2) is 0 Å². The van der Waals surface area contributed by atoms with Crippen LogP contribution in [0.1, 0.15) is 20.3 Å². The van der Waals surface area contributed by atoms with Crippen LogP contribution in [0.3, 0.4) is 0 Å². The summed E-state index contributed by atoms with van der Waals surface area (Å²) in [7, 11) is 9.13. The third-order valence-corrected chi connectivity index (χ3v) is 5.28. The van der Waals surface area contributed by atoms with Crippen LogP contribution in [0.4, 0.5) is 0 Å². The van der Waals surface area contributed by atoms with Crippen molar-refractivity contribution in [2.45, 2.75) is 44.4 Å². The third-order valence-electron chi connectivity index (χ3n) is 5.28. The van der Waals surface area contributed by atoms with E-state index in [1.165, 1.54) is 32.6 Å². The fourth-order valence-corrected chi connectivity index (χ4v) is 3.80. The van der Waals surface area contributed by atoms with Crippen molar-refractivity contribution in [3.05, 3.63) is 0 Å². The molecule has 4 nitrogen and oxygen atoms in total. The molecule has 0 amide bonds. The maximum atomic E-state index is 2.59. The van der Waals surface area contributed by atoms with Gasteiger partial charge in [0.2, 0.25) is 0 Å². The molecule has 0 spiro atoms. The van der Waals surface area contributed by atoms with Crippen LogP contribution in [-0.4, -0.2) is 98.1 Å². The van der Waals surface area contributed by atoms with E-state index in [1.54, 1.807) is 0 Å². The van der Waals surface area contributed by atoms with E-state index in [-0.39, 0.29) is 0 Å². The van der Waals surface area contributed by atoms with Gasteiger partial charge in [-0.3, -0.25) is 9.80 Å². The van der Waals surface area contributed by atoms with Gasteiger partial charge in [-0.2, -0.15) is 0 Å². The summed E-state index contributed by atoms with van der Waals surface area (Å²) in [6.07, 6.45) is 1.29. The Kier molecular flexibility index (Phi) is 4.88. The third kappa shape index (κ3) is 3.48. The van der Waals surface area contributed by atoms with Gasteiger partial charge in [-0.1, -0.05) is 0 Å². The molecule has 0 radical (unpaired) electrons. The molecule has 0 aliphatic carbocycles. The lowest BCUT2D eigenvalue weighted by molar-refractivity contribution is 0.0128. The van der Waals surface area contributed by atoms with Crippen LogP contribution in [0, 0.1) is 0 Å². The van der Waals surface area contributed by atoms with E-state index in [4.69, 9.17) is 0 Å². The summed E-state index contributed by atoms with van der Waals surface area (Å²) in [5, 5.41) is 0. The summed E-state index contributed by atoms with van der Waals surface area (Å²) in [6.45, 7) is 9.52. The summed E-state index contributed by atoms with van der Waals surface area (Å²) in [6, 6.07) is 2.74. The SMILES string of the molecule is C[C@H]1CN(C)C[C@@H](C[C@@H]2CN(C)C[C@H](C)N2C)N1C. The van der Waals surface area contributed by atoms with Crippen molar-refractivity contribution < 1.29 is 0 Å². The zero-order chi connectivity index (χ0) is 14.2. The zero-order valence-corrected chi connectivity index (χ0v) is 13.6. The Bertz CT molecular complexity index is 268. The van der Waals surface area contributed by atoms with Gasteiger partial charge in [0.05, 0.1) is 0 Å². The monoisotopic (exact) mass is 268 g/mol. The highest BCUT2D eigenvalue weighted by Gasteiger charge is 2.34. The molecule has 2 rings (SSSR count). The Hall–Kier alpha value is -0.160. The molecular weight excluding hydrogens is 236 g/mol. The molecule has 2 aliphatic rings. The molecular formula is C15H32N4. The van der Waals surface area contributed by atoms with E-state index in [0.29, 0.717) is 24.2 Å². The lowest BCUT2D eigenvalue weighted by Gasteiger charge is -2.48. The van der Waals surface area contributed by atoms with Gasteiger partial charge in [0, 0.05) is 50.3 Å². The number of likely N-dealkylation sites (N-methyl/N-ethyl adjacent to an activating group) is 4. The van der Waals surface area contributed by atoms with Crippen molar-refractivity contribution in [3.63, 3.8) is 0 Å². The fourth-order valence-electron chi connectivity index (χ4n) is 3.80. The molecule has 2 saturated heterocycles. The second kappa shape index (κ2) is 6.08. The molecule has 0 aromatic heterocycles. The number of piperazine rings is 2. The van der Waals surface area contributed by atoms with Crippen LogP contribution < -0.4 is 0 Å². The Morgan fingerprint density at radius 2 is 1.05 bits per heavy atom. The maximum Gasteiger partial charge on any atom is 0.0238 e. The molecule has 19 heavy (non-hydrogen) atoms. The maximum absolute atomic E-state index is 2.59. The molecule has 0 unspecified atom stereocenters. The first kappa shape index (κ1) is 15.2. The molecule has 0 saturated carbocycles. The predicted molar refractivity (Wildman–Crippen MR) is 81.6 cm³/mol. The van der Waals surface area contributed by atoms with Gasteiger partial charge in [0.15, 0.2) is 0 Å². The van der Waals surface area contributed by atoms with Crippen LogP contribution in [0.25, 0.3) is 0 Å². The second-order valence-electron chi connectivity index (χ2n) is 7.01. The van der Waals surface area contributed by atoms with Crippen molar-refractivity contribution >= 4 is 0 Å². The minimum Gasteiger partial charge on any atom is -0.303 e.